The van der Waals surface area contributed by atoms with Crippen molar-refractivity contribution in [1.82, 2.24) is 9.88 Å². The highest BCUT2D eigenvalue weighted by molar-refractivity contribution is 9.10. The van der Waals surface area contributed by atoms with Crippen LogP contribution < -0.4 is 5.73 Å². The van der Waals surface area contributed by atoms with Crippen LogP contribution >= 0.6 is 39.0 Å². The van der Waals surface area contributed by atoms with Crippen LogP contribution in [-0.4, -0.2) is 29.7 Å². The number of nitrogens with zero attached hydrogens (tertiary/aromatic N) is 2. The Labute approximate surface area is 170 Å². The summed E-state index contributed by atoms with van der Waals surface area (Å²) in [4.78, 5) is 6.83. The maximum atomic E-state index is 6.17. The highest BCUT2D eigenvalue weighted by Crippen LogP contribution is 2.32. The van der Waals surface area contributed by atoms with Crippen molar-refractivity contribution >= 4 is 44.0 Å². The minimum absolute atomic E-state index is 0.784. The van der Waals surface area contributed by atoms with Gasteiger partial charge in [-0.3, -0.25) is 0 Å². The predicted molar refractivity (Wildman–Crippen MR) is 116 cm³/mol. The molecule has 0 saturated carbocycles. The number of nitrogens with two attached hydrogens (primary N) is 1. The average Bonchev–Trinajstić information content (AvgIpc) is 3.18. The largest absolute Gasteiger partial charge is 0.464 e. The van der Waals surface area contributed by atoms with Gasteiger partial charge in [0, 0.05) is 22.2 Å². The molecule has 7 heteroatoms. The van der Waals surface area contributed by atoms with Crippen molar-refractivity contribution in [1.29, 1.82) is 0 Å². The fraction of sp³-hybridized carbons (Fsp3) is 0.316. The maximum absolute atomic E-state index is 6.17. The zero-order chi connectivity index (χ0) is 18.5. The van der Waals surface area contributed by atoms with E-state index in [9.17, 15) is 0 Å². The Kier molecular flexibility index (Phi) is 6.80. The number of benzene rings is 1. The minimum atomic E-state index is 0.784. The summed E-state index contributed by atoms with van der Waals surface area (Å²) in [5.74, 6) is 3.92. The molecule has 0 amide bonds. The second kappa shape index (κ2) is 9.08. The van der Waals surface area contributed by atoms with Gasteiger partial charge in [-0.15, -0.1) is 11.3 Å². The van der Waals surface area contributed by atoms with Crippen molar-refractivity contribution < 1.29 is 4.42 Å². The number of thioether (sulfide) groups is 1. The van der Waals surface area contributed by atoms with Crippen molar-refractivity contribution in [3.63, 3.8) is 0 Å². The van der Waals surface area contributed by atoms with Crippen LogP contribution in [-0.2, 0) is 18.7 Å². The Morgan fingerprint density at radius 2 is 1.88 bits per heavy atom. The Morgan fingerprint density at radius 3 is 2.62 bits per heavy atom. The molecule has 0 saturated heterocycles. The molecule has 26 heavy (non-hydrogen) atoms. The molecule has 2 N–H and O–H groups in total. The van der Waals surface area contributed by atoms with E-state index < -0.39 is 0 Å². The molecule has 3 aromatic rings. The zero-order valence-electron chi connectivity index (χ0n) is 14.9. The molecule has 4 nitrogen and oxygen atoms in total. The first-order chi connectivity index (χ1) is 12.5. The van der Waals surface area contributed by atoms with Gasteiger partial charge in [-0.1, -0.05) is 28.1 Å². The monoisotopic (exact) mass is 451 g/mol. The fourth-order valence-electron chi connectivity index (χ4n) is 2.53. The first-order valence-corrected chi connectivity index (χ1v) is 11.1. The van der Waals surface area contributed by atoms with Crippen LogP contribution in [0.15, 0.2) is 45.3 Å². The Hall–Kier alpha value is -1.28. The molecule has 0 bridgehead atoms. The average molecular weight is 452 g/mol. The summed E-state index contributed by atoms with van der Waals surface area (Å²) in [7, 11) is 4.08. The molecule has 0 aliphatic heterocycles. The summed E-state index contributed by atoms with van der Waals surface area (Å²) in [6.07, 6.45) is 0.918. The highest BCUT2D eigenvalue weighted by Gasteiger charge is 2.11. The molecule has 0 atom stereocenters. The number of aromatic nitrogens is 1. The Morgan fingerprint density at radius 1 is 1.15 bits per heavy atom. The molecule has 1 aromatic carbocycles. The number of halogens is 1. The lowest BCUT2D eigenvalue weighted by molar-refractivity contribution is 0.344. The van der Waals surface area contributed by atoms with Gasteiger partial charge in [-0.2, -0.15) is 11.8 Å². The minimum Gasteiger partial charge on any atom is -0.464 e. The molecule has 3 rings (SSSR count). The van der Waals surface area contributed by atoms with Crippen molar-refractivity contribution in [3.8, 4) is 11.3 Å². The lowest BCUT2D eigenvalue weighted by Gasteiger charge is -2.05. The third-order valence-corrected chi connectivity index (χ3v) is 6.16. The van der Waals surface area contributed by atoms with Crippen LogP contribution in [0.3, 0.4) is 0 Å². The van der Waals surface area contributed by atoms with Gasteiger partial charge in [0.05, 0.1) is 17.3 Å². The number of furan rings is 1. The lowest BCUT2D eigenvalue weighted by atomic mass is 10.2. The molecule has 0 radical (unpaired) electrons. The Balaban J connectivity index is 1.50. The first kappa shape index (κ1) is 19.5. The third-order valence-electron chi connectivity index (χ3n) is 3.71. The number of anilines is 1. The second-order valence-electron chi connectivity index (χ2n) is 6.24. The molecular formula is C19H22BrN3OS2. The van der Waals surface area contributed by atoms with E-state index in [4.69, 9.17) is 15.1 Å². The summed E-state index contributed by atoms with van der Waals surface area (Å²) in [5, 5.41) is 1.87. The van der Waals surface area contributed by atoms with Gasteiger partial charge in [0.15, 0.2) is 0 Å². The lowest BCUT2D eigenvalue weighted by Crippen LogP contribution is -2.09. The maximum Gasteiger partial charge on any atom is 0.118 e. The molecule has 2 heterocycles. The number of rotatable bonds is 8. The van der Waals surface area contributed by atoms with Crippen LogP contribution in [0.1, 0.15) is 16.5 Å². The fourth-order valence-corrected chi connectivity index (χ4v) is 4.62. The SMILES string of the molecule is CN(C)Cc1ccc(CSCCc2nc(-c3ccc(Br)cc3)c(N)s2)o1. The predicted octanol–water partition coefficient (Wildman–Crippen LogP) is 5.29. The molecular weight excluding hydrogens is 430 g/mol. The van der Waals surface area contributed by atoms with Crippen LogP contribution in [0.2, 0.25) is 0 Å². The van der Waals surface area contributed by atoms with E-state index in [0.717, 1.165) is 61.7 Å². The summed E-state index contributed by atoms with van der Waals surface area (Å²) in [5.41, 5.74) is 8.12. The van der Waals surface area contributed by atoms with Crippen LogP contribution in [0.25, 0.3) is 11.3 Å². The van der Waals surface area contributed by atoms with E-state index in [-0.39, 0.29) is 0 Å². The van der Waals surface area contributed by atoms with Gasteiger partial charge in [0.1, 0.15) is 22.2 Å². The van der Waals surface area contributed by atoms with E-state index in [1.807, 2.05) is 50.1 Å². The molecule has 2 aromatic heterocycles. The molecule has 0 fully saturated rings. The molecule has 138 valence electrons. The summed E-state index contributed by atoms with van der Waals surface area (Å²) < 4.78 is 6.89. The standard InChI is InChI=1S/C19H22BrN3OS2/c1-23(2)11-15-7-8-16(24-15)12-25-10-9-17-22-18(19(21)26-17)13-3-5-14(20)6-4-13/h3-8H,9-12,21H2,1-2H3. The highest BCUT2D eigenvalue weighted by atomic mass is 79.9. The second-order valence-corrected chi connectivity index (χ2v) is 9.37. The van der Waals surface area contributed by atoms with Crippen molar-refractivity contribution in [3.05, 3.63) is 57.4 Å². The number of hydrogen-bond acceptors (Lipinski definition) is 6. The number of nitrogen functional groups attached to an aromatic ring is 1. The molecule has 0 aliphatic rings. The van der Waals surface area contributed by atoms with Crippen LogP contribution in [0.4, 0.5) is 5.00 Å². The van der Waals surface area contributed by atoms with Gasteiger partial charge >= 0.3 is 0 Å². The van der Waals surface area contributed by atoms with Crippen LogP contribution in [0.5, 0.6) is 0 Å². The Bertz CT molecular complexity index is 843. The zero-order valence-corrected chi connectivity index (χ0v) is 18.1. The van der Waals surface area contributed by atoms with E-state index in [0.29, 0.717) is 0 Å². The number of hydrogen-bond donors (Lipinski definition) is 1. The van der Waals surface area contributed by atoms with Crippen molar-refractivity contribution in [2.24, 2.45) is 0 Å². The molecule has 0 unspecified atom stereocenters. The van der Waals surface area contributed by atoms with Gasteiger partial charge in [-0.05, 0) is 38.4 Å². The molecule has 0 aliphatic carbocycles. The smallest absolute Gasteiger partial charge is 0.118 e. The first-order valence-electron chi connectivity index (χ1n) is 8.32. The van der Waals surface area contributed by atoms with Gasteiger partial charge in [-0.25, -0.2) is 4.98 Å². The number of thiazole rings is 1. The topological polar surface area (TPSA) is 55.3 Å². The van der Waals surface area contributed by atoms with Crippen molar-refractivity contribution in [2.45, 2.75) is 18.7 Å². The normalized spacial score (nSPS) is 11.4. The van der Waals surface area contributed by atoms with Crippen LogP contribution in [0, 0.1) is 0 Å². The van der Waals surface area contributed by atoms with Gasteiger partial charge < -0.3 is 15.1 Å². The van der Waals surface area contributed by atoms with E-state index in [2.05, 4.69) is 33.0 Å². The van der Waals surface area contributed by atoms with Crippen molar-refractivity contribution in [2.75, 3.05) is 25.6 Å². The summed E-state index contributed by atoms with van der Waals surface area (Å²) in [6.45, 7) is 0.835. The summed E-state index contributed by atoms with van der Waals surface area (Å²) in [6, 6.07) is 12.2. The van der Waals surface area contributed by atoms with E-state index >= 15 is 0 Å². The van der Waals surface area contributed by atoms with E-state index in [1.165, 1.54) is 0 Å². The quantitative estimate of drug-likeness (QED) is 0.471. The van der Waals surface area contributed by atoms with Gasteiger partial charge in [0.25, 0.3) is 0 Å². The number of aryl methyl sites for hydroxylation is 1. The third kappa shape index (κ3) is 5.36. The van der Waals surface area contributed by atoms with E-state index in [1.54, 1.807) is 11.3 Å². The summed E-state index contributed by atoms with van der Waals surface area (Å²) >= 11 is 6.90. The molecule has 0 spiro atoms. The van der Waals surface area contributed by atoms with Gasteiger partial charge in [0.2, 0.25) is 0 Å².